The molecule has 1 aliphatic rings. The average Bonchev–Trinajstić information content (AvgIpc) is 3.39. The molecule has 1 aromatic carbocycles. The van der Waals surface area contributed by atoms with Gasteiger partial charge in [0.15, 0.2) is 0 Å². The van der Waals surface area contributed by atoms with Crippen molar-refractivity contribution in [3.63, 3.8) is 0 Å². The highest BCUT2D eigenvalue weighted by Gasteiger charge is 2.31. The van der Waals surface area contributed by atoms with Crippen molar-refractivity contribution in [2.75, 3.05) is 0 Å². The van der Waals surface area contributed by atoms with Gasteiger partial charge in [-0.1, -0.05) is 31.4 Å². The number of carbonyl (C=O) groups excluding carboxylic acids is 3. The van der Waals surface area contributed by atoms with Gasteiger partial charge in [0.2, 0.25) is 11.8 Å². The summed E-state index contributed by atoms with van der Waals surface area (Å²) in [5.74, 6) is -0.955. The van der Waals surface area contributed by atoms with Gasteiger partial charge in [0, 0.05) is 31.8 Å². The van der Waals surface area contributed by atoms with E-state index in [0.717, 1.165) is 67.2 Å². The summed E-state index contributed by atoms with van der Waals surface area (Å²) in [5, 5.41) is 6.72. The number of aryl methyl sites for hydroxylation is 3. The summed E-state index contributed by atoms with van der Waals surface area (Å²) in [4.78, 5) is 49.1. The van der Waals surface area contributed by atoms with Gasteiger partial charge in [-0.2, -0.15) is 5.10 Å². The maximum Gasteiger partial charge on any atom is 0.329 e. The van der Waals surface area contributed by atoms with Crippen LogP contribution in [0.1, 0.15) is 82.9 Å². The minimum Gasteiger partial charge on any atom is -0.460 e. The molecule has 3 heterocycles. The number of aromatic nitrogens is 4. The summed E-state index contributed by atoms with van der Waals surface area (Å²) in [6, 6.07) is 5.18. The standard InChI is InChI=1S/C29H39N5O5/c1-29(2,3)39-25(36)17-20-18-30-33(19-20)16-9-7-5-6-8-11-21-12-10-13-22-26(21)32(4)28(38)34(22)23-14-15-24(35)31-27(23)37/h10,12-13,18-19,23H,5-9,11,14-17H2,1-4H3,(H,31,35,37). The molecule has 4 rings (SSSR count). The summed E-state index contributed by atoms with van der Waals surface area (Å²) < 4.78 is 10.4. The molecule has 210 valence electrons. The Labute approximate surface area is 228 Å². The quantitative estimate of drug-likeness (QED) is 0.227. The van der Waals surface area contributed by atoms with Crippen molar-refractivity contribution in [3.05, 3.63) is 52.2 Å². The lowest BCUT2D eigenvalue weighted by molar-refractivity contribution is -0.154. The maximum absolute atomic E-state index is 13.1. The van der Waals surface area contributed by atoms with E-state index >= 15 is 0 Å². The molecule has 1 unspecified atom stereocenters. The number of amides is 2. The fraction of sp³-hybridized carbons (Fsp3) is 0.552. The van der Waals surface area contributed by atoms with Crippen molar-refractivity contribution in [2.24, 2.45) is 7.05 Å². The van der Waals surface area contributed by atoms with Gasteiger partial charge >= 0.3 is 11.7 Å². The predicted molar refractivity (Wildman–Crippen MR) is 147 cm³/mol. The van der Waals surface area contributed by atoms with Crippen LogP contribution in [0.5, 0.6) is 0 Å². The first-order chi connectivity index (χ1) is 18.5. The normalized spacial score (nSPS) is 16.1. The SMILES string of the molecule is Cn1c(=O)n(C2CCC(=O)NC2=O)c2cccc(CCCCCCCn3cc(CC(=O)OC(C)(C)C)cn3)c21. The third kappa shape index (κ3) is 7.04. The van der Waals surface area contributed by atoms with Gasteiger partial charge in [-0.3, -0.25) is 33.5 Å². The molecule has 39 heavy (non-hydrogen) atoms. The third-order valence-electron chi connectivity index (χ3n) is 7.00. The molecule has 1 N–H and O–H groups in total. The van der Waals surface area contributed by atoms with E-state index in [9.17, 15) is 19.2 Å². The van der Waals surface area contributed by atoms with Crippen molar-refractivity contribution in [1.29, 1.82) is 0 Å². The van der Waals surface area contributed by atoms with Gasteiger partial charge in [0.1, 0.15) is 11.6 Å². The molecular formula is C29H39N5O5. The fourth-order valence-corrected chi connectivity index (χ4v) is 5.23. The number of rotatable bonds is 11. The highest BCUT2D eigenvalue weighted by Crippen LogP contribution is 2.26. The molecule has 2 aromatic heterocycles. The Morgan fingerprint density at radius 3 is 2.59 bits per heavy atom. The molecule has 2 amide bonds. The second-order valence-electron chi connectivity index (χ2n) is 11.4. The number of nitrogens with zero attached hydrogens (tertiary/aromatic N) is 4. The van der Waals surface area contributed by atoms with E-state index < -0.39 is 17.6 Å². The van der Waals surface area contributed by atoms with Crippen LogP contribution >= 0.6 is 0 Å². The van der Waals surface area contributed by atoms with Crippen LogP contribution in [-0.2, 0) is 45.6 Å². The van der Waals surface area contributed by atoms with E-state index in [1.807, 2.05) is 49.8 Å². The van der Waals surface area contributed by atoms with Gasteiger partial charge in [-0.15, -0.1) is 0 Å². The summed E-state index contributed by atoms with van der Waals surface area (Å²) >= 11 is 0. The molecule has 10 heteroatoms. The van der Waals surface area contributed by atoms with Crippen molar-refractivity contribution >= 4 is 28.8 Å². The molecule has 1 saturated heterocycles. The third-order valence-corrected chi connectivity index (χ3v) is 7.00. The number of imide groups is 1. The average molecular weight is 538 g/mol. The minimum absolute atomic E-state index is 0.229. The van der Waals surface area contributed by atoms with Gasteiger partial charge in [-0.25, -0.2) is 4.79 Å². The smallest absolute Gasteiger partial charge is 0.329 e. The Morgan fingerprint density at radius 1 is 1.10 bits per heavy atom. The van der Waals surface area contributed by atoms with E-state index in [2.05, 4.69) is 10.4 Å². The van der Waals surface area contributed by atoms with Crippen molar-refractivity contribution in [2.45, 2.75) is 96.7 Å². The first-order valence-corrected chi connectivity index (χ1v) is 13.8. The lowest BCUT2D eigenvalue weighted by Gasteiger charge is -2.21. The van der Waals surface area contributed by atoms with Crippen LogP contribution in [0.4, 0.5) is 0 Å². The van der Waals surface area contributed by atoms with Crippen molar-refractivity contribution < 1.29 is 19.1 Å². The molecular weight excluding hydrogens is 498 g/mol. The van der Waals surface area contributed by atoms with Gasteiger partial charge in [0.25, 0.3) is 0 Å². The Balaban J connectivity index is 1.25. The summed E-state index contributed by atoms with van der Waals surface area (Å²) in [7, 11) is 1.74. The zero-order valence-corrected chi connectivity index (χ0v) is 23.4. The molecule has 0 radical (unpaired) electrons. The molecule has 10 nitrogen and oxygen atoms in total. The molecule has 1 fully saturated rings. The van der Waals surface area contributed by atoms with Crippen LogP contribution in [0.2, 0.25) is 0 Å². The second-order valence-corrected chi connectivity index (χ2v) is 11.4. The Morgan fingerprint density at radius 2 is 1.85 bits per heavy atom. The summed E-state index contributed by atoms with van der Waals surface area (Å²) in [6.45, 7) is 6.39. The number of carbonyl (C=O) groups is 3. The zero-order chi connectivity index (χ0) is 28.2. The lowest BCUT2D eigenvalue weighted by atomic mass is 10.0. The molecule has 0 bridgehead atoms. The number of imidazole rings is 1. The number of ether oxygens (including phenoxy) is 1. The fourth-order valence-electron chi connectivity index (χ4n) is 5.23. The Hall–Kier alpha value is -3.69. The maximum atomic E-state index is 13.1. The number of hydrogen-bond acceptors (Lipinski definition) is 6. The van der Waals surface area contributed by atoms with Crippen LogP contribution in [-0.4, -0.2) is 42.3 Å². The summed E-state index contributed by atoms with van der Waals surface area (Å²) in [5.41, 5.74) is 2.82. The number of para-hydroxylation sites is 1. The van der Waals surface area contributed by atoms with Crippen LogP contribution in [0.25, 0.3) is 11.0 Å². The van der Waals surface area contributed by atoms with Crippen LogP contribution in [0.15, 0.2) is 35.4 Å². The van der Waals surface area contributed by atoms with E-state index in [1.54, 1.807) is 17.8 Å². The molecule has 1 aliphatic heterocycles. The molecule has 0 aliphatic carbocycles. The number of esters is 1. The predicted octanol–water partition coefficient (Wildman–Crippen LogP) is 3.59. The number of piperidine rings is 1. The lowest BCUT2D eigenvalue weighted by Crippen LogP contribution is -2.44. The number of unbranched alkanes of at least 4 members (excludes halogenated alkanes) is 4. The first-order valence-electron chi connectivity index (χ1n) is 13.8. The highest BCUT2D eigenvalue weighted by atomic mass is 16.6. The van der Waals surface area contributed by atoms with Crippen LogP contribution < -0.4 is 11.0 Å². The van der Waals surface area contributed by atoms with Gasteiger partial charge < -0.3 is 4.74 Å². The largest absolute Gasteiger partial charge is 0.460 e. The van der Waals surface area contributed by atoms with E-state index in [4.69, 9.17) is 4.74 Å². The number of benzene rings is 1. The highest BCUT2D eigenvalue weighted by molar-refractivity contribution is 6.00. The summed E-state index contributed by atoms with van der Waals surface area (Å²) in [6.07, 6.45) is 10.5. The molecule has 1 atom stereocenters. The molecule has 0 saturated carbocycles. The van der Waals surface area contributed by atoms with Gasteiger partial charge in [-0.05, 0) is 58.1 Å². The molecule has 3 aromatic rings. The van der Waals surface area contributed by atoms with Crippen LogP contribution in [0, 0.1) is 0 Å². The van der Waals surface area contributed by atoms with E-state index in [0.29, 0.717) is 6.42 Å². The topological polar surface area (TPSA) is 117 Å². The first kappa shape index (κ1) is 28.3. The number of hydrogen-bond donors (Lipinski definition) is 1. The minimum atomic E-state index is -0.669. The van der Waals surface area contributed by atoms with Crippen molar-refractivity contribution in [1.82, 2.24) is 24.2 Å². The van der Waals surface area contributed by atoms with Crippen molar-refractivity contribution in [3.8, 4) is 0 Å². The van der Waals surface area contributed by atoms with E-state index in [-0.39, 0.29) is 30.4 Å². The van der Waals surface area contributed by atoms with E-state index in [1.165, 1.54) is 4.57 Å². The number of fused-ring (bicyclic) bond motifs is 1. The molecule has 0 spiro atoms. The van der Waals surface area contributed by atoms with Gasteiger partial charge in [0.05, 0.1) is 23.7 Å². The Bertz CT molecular complexity index is 1410. The second kappa shape index (κ2) is 12.0. The van der Waals surface area contributed by atoms with Crippen LogP contribution in [0.3, 0.4) is 0 Å². The number of nitrogens with one attached hydrogen (secondary N) is 1. The monoisotopic (exact) mass is 537 g/mol. The zero-order valence-electron chi connectivity index (χ0n) is 23.4. The Kier molecular flexibility index (Phi) is 8.72.